The zero-order chi connectivity index (χ0) is 11.3. The average molecular weight is 248 g/mol. The van der Waals surface area contributed by atoms with Crippen LogP contribution in [-0.2, 0) is 4.79 Å². The summed E-state index contributed by atoms with van der Waals surface area (Å²) in [6, 6.07) is -0.242. The Balaban J connectivity index is 0.00000225. The lowest BCUT2D eigenvalue weighted by molar-refractivity contribution is -0.121. The minimum Gasteiger partial charge on any atom is -0.321 e. The Kier molecular flexibility index (Phi) is 8.04. The van der Waals surface area contributed by atoms with Gasteiger partial charge in [0.2, 0.25) is 0 Å². The molecule has 0 aromatic heterocycles. The minimum absolute atomic E-state index is 0. The van der Waals surface area contributed by atoms with Crippen LogP contribution in [0, 0.1) is 11.8 Å². The van der Waals surface area contributed by atoms with Gasteiger partial charge in [-0.1, -0.05) is 46.0 Å². The zero-order valence-electron chi connectivity index (χ0n) is 10.6. The SMILES string of the molecule is CC(C)[C@@H](N)C(=O)CCC1CCCCC1.Cl. The van der Waals surface area contributed by atoms with E-state index in [4.69, 9.17) is 5.73 Å². The summed E-state index contributed by atoms with van der Waals surface area (Å²) < 4.78 is 0. The number of nitrogens with two attached hydrogens (primary N) is 1. The summed E-state index contributed by atoms with van der Waals surface area (Å²) in [6.07, 6.45) is 8.51. The van der Waals surface area contributed by atoms with Crippen molar-refractivity contribution in [1.82, 2.24) is 0 Å². The molecule has 2 N–H and O–H groups in total. The van der Waals surface area contributed by atoms with Crippen molar-refractivity contribution in [3.05, 3.63) is 0 Å². The minimum atomic E-state index is -0.242. The monoisotopic (exact) mass is 247 g/mol. The second-order valence-electron chi connectivity index (χ2n) is 5.28. The van der Waals surface area contributed by atoms with E-state index in [1.807, 2.05) is 13.8 Å². The summed E-state index contributed by atoms with van der Waals surface area (Å²) in [7, 11) is 0. The molecule has 0 aromatic rings. The fourth-order valence-electron chi connectivity index (χ4n) is 2.36. The first-order valence-corrected chi connectivity index (χ1v) is 6.39. The second-order valence-corrected chi connectivity index (χ2v) is 5.28. The number of rotatable bonds is 5. The van der Waals surface area contributed by atoms with Crippen molar-refractivity contribution >= 4 is 18.2 Å². The van der Waals surface area contributed by atoms with Gasteiger partial charge in [-0.3, -0.25) is 4.79 Å². The Labute approximate surface area is 106 Å². The fourth-order valence-corrected chi connectivity index (χ4v) is 2.36. The van der Waals surface area contributed by atoms with Crippen LogP contribution in [0.3, 0.4) is 0 Å². The number of hydrogen-bond acceptors (Lipinski definition) is 2. The molecule has 0 unspecified atom stereocenters. The Hall–Kier alpha value is -0.0800. The van der Waals surface area contributed by atoms with Crippen molar-refractivity contribution < 1.29 is 4.79 Å². The lowest BCUT2D eigenvalue weighted by Gasteiger charge is -2.22. The predicted octanol–water partition coefficient (Wildman–Crippen LogP) is 3.32. The summed E-state index contributed by atoms with van der Waals surface area (Å²) >= 11 is 0. The van der Waals surface area contributed by atoms with Crippen molar-refractivity contribution in [1.29, 1.82) is 0 Å². The molecule has 1 saturated carbocycles. The van der Waals surface area contributed by atoms with Gasteiger partial charge in [0.1, 0.15) is 5.78 Å². The van der Waals surface area contributed by atoms with Gasteiger partial charge in [0.25, 0.3) is 0 Å². The summed E-state index contributed by atoms with van der Waals surface area (Å²) in [4.78, 5) is 11.7. The molecule has 0 spiro atoms. The number of carbonyl (C=O) groups is 1. The van der Waals surface area contributed by atoms with E-state index in [0.29, 0.717) is 6.42 Å². The average Bonchev–Trinajstić information content (AvgIpc) is 2.26. The topological polar surface area (TPSA) is 43.1 Å². The van der Waals surface area contributed by atoms with Crippen molar-refractivity contribution in [2.24, 2.45) is 17.6 Å². The Morgan fingerprint density at radius 3 is 2.31 bits per heavy atom. The molecular formula is C13H26ClNO. The summed E-state index contributed by atoms with van der Waals surface area (Å²) in [5.74, 6) is 1.33. The molecule has 96 valence electrons. The Morgan fingerprint density at radius 2 is 1.81 bits per heavy atom. The van der Waals surface area contributed by atoms with E-state index in [0.717, 1.165) is 12.3 Å². The Bertz CT molecular complexity index is 200. The summed E-state index contributed by atoms with van der Waals surface area (Å²) in [5.41, 5.74) is 5.83. The van der Waals surface area contributed by atoms with E-state index >= 15 is 0 Å². The molecule has 0 bridgehead atoms. The highest BCUT2D eigenvalue weighted by atomic mass is 35.5. The molecule has 0 aliphatic heterocycles. The Morgan fingerprint density at radius 1 is 1.25 bits per heavy atom. The smallest absolute Gasteiger partial charge is 0.149 e. The molecule has 1 fully saturated rings. The van der Waals surface area contributed by atoms with Crippen LogP contribution in [0.4, 0.5) is 0 Å². The highest BCUT2D eigenvalue weighted by Gasteiger charge is 2.19. The third kappa shape index (κ3) is 5.31. The number of hydrogen-bond donors (Lipinski definition) is 1. The van der Waals surface area contributed by atoms with Crippen LogP contribution in [0.15, 0.2) is 0 Å². The first-order chi connectivity index (χ1) is 7.11. The van der Waals surface area contributed by atoms with E-state index < -0.39 is 0 Å². The van der Waals surface area contributed by atoms with Crippen LogP contribution in [0.25, 0.3) is 0 Å². The van der Waals surface area contributed by atoms with Gasteiger partial charge in [0.15, 0.2) is 0 Å². The highest BCUT2D eigenvalue weighted by Crippen LogP contribution is 2.27. The predicted molar refractivity (Wildman–Crippen MR) is 70.9 cm³/mol. The largest absolute Gasteiger partial charge is 0.321 e. The van der Waals surface area contributed by atoms with Crippen LogP contribution >= 0.6 is 12.4 Å². The van der Waals surface area contributed by atoms with Gasteiger partial charge in [-0.2, -0.15) is 0 Å². The van der Waals surface area contributed by atoms with Gasteiger partial charge in [-0.15, -0.1) is 12.4 Å². The number of ketones is 1. The fraction of sp³-hybridized carbons (Fsp3) is 0.923. The molecule has 0 aromatic carbocycles. The third-order valence-electron chi connectivity index (χ3n) is 3.61. The molecule has 16 heavy (non-hydrogen) atoms. The van der Waals surface area contributed by atoms with Crippen molar-refractivity contribution in [2.75, 3.05) is 0 Å². The maximum absolute atomic E-state index is 11.7. The van der Waals surface area contributed by atoms with E-state index in [1.54, 1.807) is 0 Å². The van der Waals surface area contributed by atoms with Gasteiger partial charge >= 0.3 is 0 Å². The van der Waals surface area contributed by atoms with Crippen molar-refractivity contribution in [2.45, 2.75) is 64.8 Å². The van der Waals surface area contributed by atoms with Gasteiger partial charge < -0.3 is 5.73 Å². The van der Waals surface area contributed by atoms with Crippen LogP contribution in [0.5, 0.6) is 0 Å². The quantitative estimate of drug-likeness (QED) is 0.810. The molecular weight excluding hydrogens is 222 g/mol. The summed E-state index contributed by atoms with van der Waals surface area (Å²) in [5, 5.41) is 0. The molecule has 0 saturated heterocycles. The maximum Gasteiger partial charge on any atom is 0.149 e. The molecule has 3 heteroatoms. The molecule has 2 nitrogen and oxygen atoms in total. The second kappa shape index (κ2) is 8.08. The van der Waals surface area contributed by atoms with E-state index in [1.165, 1.54) is 32.1 Å². The normalized spacial score (nSPS) is 19.2. The third-order valence-corrected chi connectivity index (χ3v) is 3.61. The van der Waals surface area contributed by atoms with Crippen LogP contribution in [0.1, 0.15) is 58.8 Å². The molecule has 1 aliphatic rings. The number of carbonyl (C=O) groups excluding carboxylic acids is 1. The van der Waals surface area contributed by atoms with E-state index in [2.05, 4.69) is 0 Å². The van der Waals surface area contributed by atoms with Gasteiger partial charge in [-0.25, -0.2) is 0 Å². The first kappa shape index (κ1) is 15.9. The van der Waals surface area contributed by atoms with Crippen molar-refractivity contribution in [3.8, 4) is 0 Å². The molecule has 0 radical (unpaired) electrons. The highest BCUT2D eigenvalue weighted by molar-refractivity contribution is 5.85. The van der Waals surface area contributed by atoms with Gasteiger partial charge in [-0.05, 0) is 18.3 Å². The molecule has 1 atom stereocenters. The molecule has 0 heterocycles. The molecule has 0 amide bonds. The zero-order valence-corrected chi connectivity index (χ0v) is 11.4. The first-order valence-electron chi connectivity index (χ1n) is 6.39. The lowest BCUT2D eigenvalue weighted by Crippen LogP contribution is -2.35. The van der Waals surface area contributed by atoms with Crippen molar-refractivity contribution in [3.63, 3.8) is 0 Å². The summed E-state index contributed by atoms with van der Waals surface area (Å²) in [6.45, 7) is 4.03. The van der Waals surface area contributed by atoms with Gasteiger partial charge in [0, 0.05) is 6.42 Å². The van der Waals surface area contributed by atoms with E-state index in [9.17, 15) is 4.79 Å². The number of Topliss-reactive ketones (excluding diaryl/α,β-unsaturated/α-hetero) is 1. The molecule has 1 rings (SSSR count). The van der Waals surface area contributed by atoms with Crippen LogP contribution < -0.4 is 5.73 Å². The lowest BCUT2D eigenvalue weighted by atomic mass is 9.84. The van der Waals surface area contributed by atoms with Crippen LogP contribution in [-0.4, -0.2) is 11.8 Å². The molecule has 1 aliphatic carbocycles. The van der Waals surface area contributed by atoms with Crippen LogP contribution in [0.2, 0.25) is 0 Å². The number of halogens is 1. The maximum atomic E-state index is 11.7. The van der Waals surface area contributed by atoms with E-state index in [-0.39, 0.29) is 30.2 Å². The van der Waals surface area contributed by atoms with Gasteiger partial charge in [0.05, 0.1) is 6.04 Å². The standard InChI is InChI=1S/C13H25NO.ClH/c1-10(2)13(14)12(15)9-8-11-6-4-3-5-7-11;/h10-11,13H,3-9,14H2,1-2H3;1H/t13-;/m1./s1.